The summed E-state index contributed by atoms with van der Waals surface area (Å²) in [5.41, 5.74) is 2.72. The van der Waals surface area contributed by atoms with Crippen molar-refractivity contribution < 1.29 is 4.79 Å². The number of hydrogen-bond acceptors (Lipinski definition) is 3. The van der Waals surface area contributed by atoms with Crippen molar-refractivity contribution in [2.75, 3.05) is 7.05 Å². The molecule has 0 unspecified atom stereocenters. The summed E-state index contributed by atoms with van der Waals surface area (Å²) in [6.07, 6.45) is 0. The number of amides is 1. The van der Waals surface area contributed by atoms with Gasteiger partial charge in [-0.05, 0) is 0 Å². The molecule has 0 radical (unpaired) electrons. The Bertz CT molecular complexity index is 233. The zero-order chi connectivity index (χ0) is 8.27. The van der Waals surface area contributed by atoms with Crippen LogP contribution in [0.15, 0.2) is 10.9 Å². The van der Waals surface area contributed by atoms with Gasteiger partial charge in [0.1, 0.15) is 0 Å². The molecule has 1 aromatic heterocycles. The highest BCUT2D eigenvalue weighted by atomic mass is 32.1. The maximum atomic E-state index is 10.8. The van der Waals surface area contributed by atoms with Gasteiger partial charge in [-0.2, -0.15) is 0 Å². The summed E-state index contributed by atoms with van der Waals surface area (Å²) < 4.78 is 0. The summed E-state index contributed by atoms with van der Waals surface area (Å²) in [6.45, 7) is 2.16. The number of carbonyl (C=O) groups is 1. The summed E-state index contributed by atoms with van der Waals surface area (Å²) in [5.74, 6) is 0.0676. The second-order valence-corrected chi connectivity index (χ2v) is 3.07. The second-order valence-electron chi connectivity index (χ2n) is 2.35. The van der Waals surface area contributed by atoms with Gasteiger partial charge in [-0.3, -0.25) is 4.79 Å². The lowest BCUT2D eigenvalue weighted by Gasteiger charge is -2.11. The van der Waals surface area contributed by atoms with E-state index in [4.69, 9.17) is 0 Å². The van der Waals surface area contributed by atoms with E-state index in [9.17, 15) is 4.79 Å². The van der Waals surface area contributed by atoms with Crippen molar-refractivity contribution in [2.45, 2.75) is 13.5 Å². The number of aromatic nitrogens is 1. The highest BCUT2D eigenvalue weighted by molar-refractivity contribution is 7.07. The molecule has 0 bridgehead atoms. The van der Waals surface area contributed by atoms with Crippen LogP contribution in [-0.2, 0) is 11.3 Å². The lowest BCUT2D eigenvalue weighted by Crippen LogP contribution is -2.23. The summed E-state index contributed by atoms with van der Waals surface area (Å²) in [4.78, 5) is 16.5. The van der Waals surface area contributed by atoms with E-state index in [0.717, 1.165) is 5.69 Å². The third-order valence-electron chi connectivity index (χ3n) is 1.42. The molecule has 1 rings (SSSR count). The van der Waals surface area contributed by atoms with Crippen molar-refractivity contribution in [3.63, 3.8) is 0 Å². The Morgan fingerprint density at radius 3 is 3.00 bits per heavy atom. The van der Waals surface area contributed by atoms with Gasteiger partial charge >= 0.3 is 0 Å². The van der Waals surface area contributed by atoms with Gasteiger partial charge in [-0.1, -0.05) is 0 Å². The highest BCUT2D eigenvalue weighted by Crippen LogP contribution is 2.03. The largest absolute Gasteiger partial charge is 0.340 e. The van der Waals surface area contributed by atoms with Crippen LogP contribution in [0.1, 0.15) is 12.6 Å². The molecular formula is C7H10N2OS. The lowest BCUT2D eigenvalue weighted by atomic mass is 10.4. The van der Waals surface area contributed by atoms with Crippen molar-refractivity contribution in [1.82, 2.24) is 9.88 Å². The topological polar surface area (TPSA) is 33.2 Å². The molecular weight excluding hydrogens is 160 g/mol. The Labute approximate surface area is 69.7 Å². The van der Waals surface area contributed by atoms with E-state index in [1.807, 2.05) is 5.38 Å². The Morgan fingerprint density at radius 1 is 1.82 bits per heavy atom. The van der Waals surface area contributed by atoms with Crippen LogP contribution >= 0.6 is 11.3 Å². The van der Waals surface area contributed by atoms with Gasteiger partial charge < -0.3 is 4.90 Å². The molecule has 0 atom stereocenters. The summed E-state index contributed by atoms with van der Waals surface area (Å²) >= 11 is 1.54. The zero-order valence-electron chi connectivity index (χ0n) is 6.57. The van der Waals surface area contributed by atoms with Crippen molar-refractivity contribution in [2.24, 2.45) is 0 Å². The minimum Gasteiger partial charge on any atom is -0.340 e. The fraction of sp³-hybridized carbons (Fsp3) is 0.429. The van der Waals surface area contributed by atoms with E-state index in [1.54, 1.807) is 35.7 Å². The highest BCUT2D eigenvalue weighted by Gasteiger charge is 2.03. The van der Waals surface area contributed by atoms with Crippen molar-refractivity contribution in [3.05, 3.63) is 16.6 Å². The van der Waals surface area contributed by atoms with Crippen molar-refractivity contribution >= 4 is 17.2 Å². The molecule has 1 amide bonds. The molecule has 0 spiro atoms. The van der Waals surface area contributed by atoms with Gasteiger partial charge in [0.15, 0.2) is 0 Å². The molecule has 0 aliphatic rings. The molecule has 4 heteroatoms. The molecule has 11 heavy (non-hydrogen) atoms. The molecule has 0 aliphatic carbocycles. The monoisotopic (exact) mass is 170 g/mol. The minimum absolute atomic E-state index is 0.0676. The molecule has 3 nitrogen and oxygen atoms in total. The van der Waals surface area contributed by atoms with Gasteiger partial charge in [-0.25, -0.2) is 4.98 Å². The molecule has 1 aromatic rings. The minimum atomic E-state index is 0.0676. The molecule has 60 valence electrons. The molecule has 0 saturated heterocycles. The van der Waals surface area contributed by atoms with Gasteiger partial charge in [0.2, 0.25) is 5.91 Å². The molecule has 0 aliphatic heterocycles. The van der Waals surface area contributed by atoms with E-state index in [0.29, 0.717) is 6.54 Å². The SMILES string of the molecule is CC(=O)N(C)Cc1cscn1. The van der Waals surface area contributed by atoms with Gasteiger partial charge in [0, 0.05) is 19.4 Å². The van der Waals surface area contributed by atoms with E-state index < -0.39 is 0 Å². The normalized spacial score (nSPS) is 9.64. The van der Waals surface area contributed by atoms with Gasteiger partial charge in [-0.15, -0.1) is 11.3 Å². The maximum Gasteiger partial charge on any atom is 0.219 e. The third kappa shape index (κ3) is 2.31. The van der Waals surface area contributed by atoms with E-state index in [-0.39, 0.29) is 5.91 Å². The van der Waals surface area contributed by atoms with Crippen LogP contribution in [0.25, 0.3) is 0 Å². The Kier molecular flexibility index (Phi) is 2.59. The first kappa shape index (κ1) is 8.20. The van der Waals surface area contributed by atoms with Crippen LogP contribution in [0, 0.1) is 0 Å². The maximum absolute atomic E-state index is 10.8. The van der Waals surface area contributed by atoms with Crippen LogP contribution in [0.2, 0.25) is 0 Å². The molecule has 0 fully saturated rings. The predicted octanol–water partition coefficient (Wildman–Crippen LogP) is 1.12. The number of thiazole rings is 1. The molecule has 0 aromatic carbocycles. The molecule has 1 heterocycles. The quantitative estimate of drug-likeness (QED) is 0.666. The third-order valence-corrected chi connectivity index (χ3v) is 2.06. The number of carbonyl (C=O) groups excluding carboxylic acids is 1. The molecule has 0 N–H and O–H groups in total. The van der Waals surface area contributed by atoms with Crippen LogP contribution in [0.4, 0.5) is 0 Å². The van der Waals surface area contributed by atoms with Crippen molar-refractivity contribution in [1.29, 1.82) is 0 Å². The average Bonchev–Trinajstić information content (AvgIpc) is 2.39. The lowest BCUT2D eigenvalue weighted by molar-refractivity contribution is -0.128. The van der Waals surface area contributed by atoms with E-state index in [1.165, 1.54) is 0 Å². The van der Waals surface area contributed by atoms with Gasteiger partial charge in [0.05, 0.1) is 17.7 Å². The zero-order valence-corrected chi connectivity index (χ0v) is 7.39. The number of hydrogen-bond donors (Lipinski definition) is 0. The fourth-order valence-electron chi connectivity index (χ4n) is 0.670. The van der Waals surface area contributed by atoms with Crippen LogP contribution in [0.5, 0.6) is 0 Å². The standard InChI is InChI=1S/C7H10N2OS/c1-6(10)9(2)3-7-4-11-5-8-7/h4-5H,3H2,1-2H3. The van der Waals surface area contributed by atoms with Crippen LogP contribution in [0.3, 0.4) is 0 Å². The van der Waals surface area contributed by atoms with Crippen molar-refractivity contribution in [3.8, 4) is 0 Å². The number of rotatable bonds is 2. The summed E-state index contributed by atoms with van der Waals surface area (Å²) in [6, 6.07) is 0. The predicted molar refractivity (Wildman–Crippen MR) is 44.3 cm³/mol. The Balaban J connectivity index is 2.50. The Hall–Kier alpha value is -0.900. The van der Waals surface area contributed by atoms with E-state index in [2.05, 4.69) is 4.98 Å². The van der Waals surface area contributed by atoms with Crippen LogP contribution in [-0.4, -0.2) is 22.8 Å². The summed E-state index contributed by atoms with van der Waals surface area (Å²) in [7, 11) is 1.77. The first-order valence-corrected chi connectivity index (χ1v) is 4.23. The van der Waals surface area contributed by atoms with E-state index >= 15 is 0 Å². The number of nitrogens with zero attached hydrogens (tertiary/aromatic N) is 2. The first-order chi connectivity index (χ1) is 5.20. The first-order valence-electron chi connectivity index (χ1n) is 3.29. The van der Waals surface area contributed by atoms with Gasteiger partial charge in [0.25, 0.3) is 0 Å². The Morgan fingerprint density at radius 2 is 2.55 bits per heavy atom. The second kappa shape index (κ2) is 3.48. The smallest absolute Gasteiger partial charge is 0.219 e. The fourth-order valence-corrected chi connectivity index (χ4v) is 1.22. The van der Waals surface area contributed by atoms with Crippen LogP contribution < -0.4 is 0 Å². The summed E-state index contributed by atoms with van der Waals surface area (Å²) in [5, 5.41) is 1.94. The molecule has 0 saturated carbocycles. The average molecular weight is 170 g/mol.